The first kappa shape index (κ1) is 16.9. The quantitative estimate of drug-likeness (QED) is 0.721. The highest BCUT2D eigenvalue weighted by atomic mass is 35.5. The van der Waals surface area contributed by atoms with Gasteiger partial charge in [-0.2, -0.15) is 0 Å². The van der Waals surface area contributed by atoms with Crippen molar-refractivity contribution in [2.45, 2.75) is 6.54 Å². The first-order valence-corrected chi connectivity index (χ1v) is 7.86. The van der Waals surface area contributed by atoms with Crippen molar-refractivity contribution >= 4 is 29.0 Å². The fourth-order valence-electron chi connectivity index (χ4n) is 2.13. The molecule has 126 valence electrons. The number of carbonyl (C=O) groups is 1. The van der Waals surface area contributed by atoms with E-state index in [1.165, 1.54) is 18.5 Å². The van der Waals surface area contributed by atoms with Gasteiger partial charge in [-0.05, 0) is 24.3 Å². The zero-order valence-corrected chi connectivity index (χ0v) is 13.8. The third kappa shape index (κ3) is 4.51. The zero-order valence-electron chi connectivity index (χ0n) is 13.0. The molecule has 0 saturated heterocycles. The molecule has 0 radical (unpaired) electrons. The van der Waals surface area contributed by atoms with Crippen LogP contribution in [0.25, 0.3) is 0 Å². The Balaban J connectivity index is 1.61. The molecule has 0 atom stereocenters. The predicted molar refractivity (Wildman–Crippen MR) is 95.2 cm³/mol. The molecule has 1 aromatic heterocycles. The van der Waals surface area contributed by atoms with E-state index in [9.17, 15) is 9.18 Å². The number of aromatic nitrogens is 2. The van der Waals surface area contributed by atoms with Crippen LogP contribution in [-0.2, 0) is 6.54 Å². The number of hydrogen-bond donors (Lipinski definition) is 2. The maximum absolute atomic E-state index is 13.6. The van der Waals surface area contributed by atoms with Crippen LogP contribution >= 0.6 is 11.6 Å². The van der Waals surface area contributed by atoms with Gasteiger partial charge in [0.1, 0.15) is 17.3 Å². The highest BCUT2D eigenvalue weighted by molar-refractivity contribution is 6.30. The summed E-state index contributed by atoms with van der Waals surface area (Å²) < 4.78 is 13.6. The van der Waals surface area contributed by atoms with Crippen LogP contribution in [0.3, 0.4) is 0 Å². The highest BCUT2D eigenvalue weighted by Gasteiger charge is 2.09. The molecule has 25 heavy (non-hydrogen) atoms. The lowest BCUT2D eigenvalue weighted by Gasteiger charge is -2.08. The number of anilines is 2. The molecule has 2 N–H and O–H groups in total. The van der Waals surface area contributed by atoms with Crippen molar-refractivity contribution in [3.63, 3.8) is 0 Å². The van der Waals surface area contributed by atoms with Gasteiger partial charge in [0.05, 0.1) is 12.4 Å². The lowest BCUT2D eigenvalue weighted by molar-refractivity contribution is 0.102. The summed E-state index contributed by atoms with van der Waals surface area (Å²) in [6.45, 7) is 0.273. The van der Waals surface area contributed by atoms with Crippen LogP contribution in [0, 0.1) is 5.82 Å². The van der Waals surface area contributed by atoms with E-state index in [2.05, 4.69) is 20.6 Å². The number of nitrogens with one attached hydrogen (secondary N) is 2. The van der Waals surface area contributed by atoms with Gasteiger partial charge in [0, 0.05) is 22.8 Å². The van der Waals surface area contributed by atoms with Gasteiger partial charge >= 0.3 is 0 Å². The standard InChI is InChI=1S/C18H14ClFN4O/c19-13-5-3-6-14(8-13)24-18(25)16-10-23-17(11-21-16)22-9-12-4-1-2-7-15(12)20/h1-8,10-11H,9H2,(H,22,23)(H,24,25). The molecule has 0 aliphatic heterocycles. The summed E-state index contributed by atoms with van der Waals surface area (Å²) in [5, 5.41) is 6.17. The molecule has 7 heteroatoms. The van der Waals surface area contributed by atoms with Crippen LogP contribution in [0.4, 0.5) is 15.9 Å². The molecule has 3 aromatic rings. The largest absolute Gasteiger partial charge is 0.365 e. The lowest BCUT2D eigenvalue weighted by atomic mass is 10.2. The smallest absolute Gasteiger partial charge is 0.275 e. The van der Waals surface area contributed by atoms with Crippen molar-refractivity contribution in [3.05, 3.63) is 83.0 Å². The van der Waals surface area contributed by atoms with Crippen molar-refractivity contribution < 1.29 is 9.18 Å². The maximum Gasteiger partial charge on any atom is 0.275 e. The van der Waals surface area contributed by atoms with Gasteiger partial charge in [0.25, 0.3) is 5.91 Å². The topological polar surface area (TPSA) is 66.9 Å². The van der Waals surface area contributed by atoms with Gasteiger partial charge in [0.2, 0.25) is 0 Å². The Morgan fingerprint density at radius 3 is 2.64 bits per heavy atom. The van der Waals surface area contributed by atoms with Gasteiger partial charge < -0.3 is 10.6 Å². The third-order valence-electron chi connectivity index (χ3n) is 3.38. The molecular formula is C18H14ClFN4O. The first-order chi connectivity index (χ1) is 12.1. The normalized spacial score (nSPS) is 10.3. The summed E-state index contributed by atoms with van der Waals surface area (Å²) in [7, 11) is 0. The number of hydrogen-bond acceptors (Lipinski definition) is 4. The van der Waals surface area contributed by atoms with E-state index in [1.807, 2.05) is 0 Å². The molecule has 0 unspecified atom stereocenters. The van der Waals surface area contributed by atoms with E-state index >= 15 is 0 Å². The van der Waals surface area contributed by atoms with Gasteiger partial charge in [-0.1, -0.05) is 35.9 Å². The predicted octanol–water partition coefficient (Wildman–Crippen LogP) is 4.13. The van der Waals surface area contributed by atoms with Crippen molar-refractivity contribution in [3.8, 4) is 0 Å². The Morgan fingerprint density at radius 2 is 1.92 bits per heavy atom. The second-order valence-electron chi connectivity index (χ2n) is 5.20. The molecular weight excluding hydrogens is 343 g/mol. The zero-order chi connectivity index (χ0) is 17.6. The number of carbonyl (C=O) groups excluding carboxylic acids is 1. The summed E-state index contributed by atoms with van der Waals surface area (Å²) in [5.74, 6) is -0.238. The van der Waals surface area contributed by atoms with E-state index < -0.39 is 5.91 Å². The number of nitrogens with zero attached hydrogens (tertiary/aromatic N) is 2. The van der Waals surface area contributed by atoms with Crippen molar-refractivity contribution in [2.75, 3.05) is 10.6 Å². The van der Waals surface area contributed by atoms with E-state index in [-0.39, 0.29) is 18.1 Å². The molecule has 0 spiro atoms. The average Bonchev–Trinajstić information content (AvgIpc) is 2.61. The maximum atomic E-state index is 13.6. The molecule has 0 saturated carbocycles. The monoisotopic (exact) mass is 356 g/mol. The summed E-state index contributed by atoms with van der Waals surface area (Å²) in [6, 6.07) is 13.3. The number of amides is 1. The fourth-order valence-corrected chi connectivity index (χ4v) is 2.32. The minimum Gasteiger partial charge on any atom is -0.365 e. The van der Waals surface area contributed by atoms with Crippen LogP contribution in [0.1, 0.15) is 16.1 Å². The van der Waals surface area contributed by atoms with E-state index in [4.69, 9.17) is 11.6 Å². The van der Waals surface area contributed by atoms with Crippen LogP contribution in [0.2, 0.25) is 5.02 Å². The third-order valence-corrected chi connectivity index (χ3v) is 3.62. The van der Waals surface area contributed by atoms with Crippen molar-refractivity contribution in [1.82, 2.24) is 9.97 Å². The Kier molecular flexibility index (Phi) is 5.20. The van der Waals surface area contributed by atoms with Crippen LogP contribution in [0.15, 0.2) is 60.9 Å². The Morgan fingerprint density at radius 1 is 1.08 bits per heavy atom. The number of benzene rings is 2. The van der Waals surface area contributed by atoms with Gasteiger partial charge in [-0.3, -0.25) is 4.79 Å². The molecule has 0 fully saturated rings. The van der Waals surface area contributed by atoms with Gasteiger partial charge in [-0.15, -0.1) is 0 Å². The Bertz CT molecular complexity index is 886. The fraction of sp³-hybridized carbons (Fsp3) is 0.0556. The summed E-state index contributed by atoms with van der Waals surface area (Å²) >= 11 is 5.88. The van der Waals surface area contributed by atoms with Crippen molar-refractivity contribution in [1.29, 1.82) is 0 Å². The van der Waals surface area contributed by atoms with E-state index in [0.717, 1.165) is 0 Å². The van der Waals surface area contributed by atoms with Crippen molar-refractivity contribution in [2.24, 2.45) is 0 Å². The molecule has 0 aliphatic rings. The molecule has 0 bridgehead atoms. The highest BCUT2D eigenvalue weighted by Crippen LogP contribution is 2.15. The molecule has 1 heterocycles. The molecule has 2 aromatic carbocycles. The van der Waals surface area contributed by atoms with Crippen LogP contribution in [0.5, 0.6) is 0 Å². The van der Waals surface area contributed by atoms with Gasteiger partial charge in [-0.25, -0.2) is 14.4 Å². The second kappa shape index (κ2) is 7.72. The average molecular weight is 357 g/mol. The second-order valence-corrected chi connectivity index (χ2v) is 5.63. The lowest BCUT2D eigenvalue weighted by Crippen LogP contribution is -2.14. The summed E-state index contributed by atoms with van der Waals surface area (Å²) in [4.78, 5) is 20.3. The molecule has 5 nitrogen and oxygen atoms in total. The Labute approximate surface area is 148 Å². The Hall–Kier alpha value is -2.99. The summed E-state index contributed by atoms with van der Waals surface area (Å²) in [5.41, 5.74) is 1.25. The van der Waals surface area contributed by atoms with Crippen LogP contribution < -0.4 is 10.6 Å². The minimum atomic E-state index is -0.393. The molecule has 3 rings (SSSR count). The molecule has 0 aliphatic carbocycles. The number of rotatable bonds is 5. The minimum absolute atomic E-state index is 0.163. The van der Waals surface area contributed by atoms with Crippen LogP contribution in [-0.4, -0.2) is 15.9 Å². The van der Waals surface area contributed by atoms with E-state index in [1.54, 1.807) is 42.5 Å². The molecule has 1 amide bonds. The summed E-state index contributed by atoms with van der Waals surface area (Å²) in [6.07, 6.45) is 2.78. The SMILES string of the molecule is O=C(Nc1cccc(Cl)c1)c1cnc(NCc2ccccc2F)cn1. The van der Waals surface area contributed by atoms with Gasteiger partial charge in [0.15, 0.2) is 0 Å². The first-order valence-electron chi connectivity index (χ1n) is 7.48. The number of halogens is 2. The van der Waals surface area contributed by atoms with E-state index in [0.29, 0.717) is 22.1 Å².